The zero-order chi connectivity index (χ0) is 15.8. The molecule has 1 saturated carbocycles. The van der Waals surface area contributed by atoms with Crippen molar-refractivity contribution in [2.75, 3.05) is 13.1 Å². The predicted molar refractivity (Wildman–Crippen MR) is 84.0 cm³/mol. The number of nitrogens with zero attached hydrogens (tertiary/aromatic N) is 5. The summed E-state index contributed by atoms with van der Waals surface area (Å²) in [6.45, 7) is 3.35. The first-order chi connectivity index (χ1) is 11.2. The van der Waals surface area contributed by atoms with Gasteiger partial charge in [-0.2, -0.15) is 0 Å². The number of carbonyl (C=O) groups is 1. The zero-order valence-corrected chi connectivity index (χ0v) is 13.1. The van der Waals surface area contributed by atoms with Crippen LogP contribution >= 0.6 is 0 Å². The van der Waals surface area contributed by atoms with Crippen LogP contribution in [0.1, 0.15) is 58.8 Å². The number of aryl methyl sites for hydroxylation is 1. The Labute approximate surface area is 135 Å². The quantitative estimate of drug-likeness (QED) is 0.868. The molecule has 0 aromatic carbocycles. The van der Waals surface area contributed by atoms with E-state index in [0.29, 0.717) is 18.0 Å². The lowest BCUT2D eigenvalue weighted by Crippen LogP contribution is -2.29. The number of rotatable bonds is 3. The van der Waals surface area contributed by atoms with Crippen molar-refractivity contribution in [3.63, 3.8) is 0 Å². The topological polar surface area (TPSA) is 71.9 Å². The average Bonchev–Trinajstić information content (AvgIpc) is 3.31. The van der Waals surface area contributed by atoms with E-state index in [1.165, 1.54) is 0 Å². The van der Waals surface area contributed by atoms with E-state index in [1.807, 2.05) is 17.9 Å². The lowest BCUT2D eigenvalue weighted by molar-refractivity contribution is 0.0789. The molecule has 6 heteroatoms. The summed E-state index contributed by atoms with van der Waals surface area (Å²) in [4.78, 5) is 32.0. The van der Waals surface area contributed by atoms with Gasteiger partial charge in [0, 0.05) is 49.2 Å². The first-order valence-corrected chi connectivity index (χ1v) is 8.11. The molecule has 2 aromatic heterocycles. The fourth-order valence-corrected chi connectivity index (χ4v) is 3.00. The zero-order valence-electron chi connectivity index (χ0n) is 13.1. The third kappa shape index (κ3) is 2.93. The molecule has 1 atom stereocenters. The fourth-order valence-electron chi connectivity index (χ4n) is 3.00. The van der Waals surface area contributed by atoms with Crippen molar-refractivity contribution in [1.29, 1.82) is 0 Å². The lowest BCUT2D eigenvalue weighted by atomic mass is 10.1. The van der Waals surface area contributed by atoms with Crippen LogP contribution in [-0.4, -0.2) is 43.8 Å². The summed E-state index contributed by atoms with van der Waals surface area (Å²) in [7, 11) is 0. The summed E-state index contributed by atoms with van der Waals surface area (Å²) in [6.07, 6.45) is 8.34. The van der Waals surface area contributed by atoms with E-state index in [-0.39, 0.29) is 11.8 Å². The highest BCUT2D eigenvalue weighted by Crippen LogP contribution is 2.37. The molecule has 0 N–H and O–H groups in total. The van der Waals surface area contributed by atoms with Crippen molar-refractivity contribution in [2.45, 2.75) is 38.0 Å². The summed E-state index contributed by atoms with van der Waals surface area (Å²) in [6, 6.07) is 1.89. The largest absolute Gasteiger partial charge is 0.338 e. The summed E-state index contributed by atoms with van der Waals surface area (Å²) in [5.74, 6) is 2.43. The van der Waals surface area contributed by atoms with Crippen molar-refractivity contribution >= 4 is 5.91 Å². The van der Waals surface area contributed by atoms with Gasteiger partial charge in [-0.3, -0.25) is 4.79 Å². The van der Waals surface area contributed by atoms with E-state index in [0.717, 1.165) is 43.1 Å². The Morgan fingerprint density at radius 3 is 2.57 bits per heavy atom. The number of hydrogen-bond donors (Lipinski definition) is 0. The Bertz CT molecular complexity index is 726. The summed E-state index contributed by atoms with van der Waals surface area (Å²) in [5, 5.41) is 0. The van der Waals surface area contributed by atoms with Gasteiger partial charge in [0.05, 0.1) is 5.56 Å². The molecule has 1 amide bonds. The molecule has 23 heavy (non-hydrogen) atoms. The number of likely N-dealkylation sites (tertiary alicyclic amines) is 1. The van der Waals surface area contributed by atoms with Gasteiger partial charge in [-0.1, -0.05) is 0 Å². The first-order valence-electron chi connectivity index (χ1n) is 8.11. The normalized spacial score (nSPS) is 20.7. The molecular weight excluding hydrogens is 290 g/mol. The van der Waals surface area contributed by atoms with Gasteiger partial charge in [-0.25, -0.2) is 19.9 Å². The van der Waals surface area contributed by atoms with Gasteiger partial charge < -0.3 is 4.90 Å². The maximum Gasteiger partial charge on any atom is 0.257 e. The molecule has 6 nitrogen and oxygen atoms in total. The average molecular weight is 309 g/mol. The van der Waals surface area contributed by atoms with E-state index < -0.39 is 0 Å². The molecule has 2 aliphatic rings. The van der Waals surface area contributed by atoms with Gasteiger partial charge in [-0.05, 0) is 32.3 Å². The number of amides is 1. The van der Waals surface area contributed by atoms with Crippen molar-refractivity contribution in [3.05, 3.63) is 47.6 Å². The second kappa shape index (κ2) is 5.68. The smallest absolute Gasteiger partial charge is 0.257 e. The standard InChI is InChI=1S/C17H19N5O/c1-11-4-6-18-16(21-11)13-5-7-22(10-13)17(23)14-8-19-15(20-9-14)12-2-3-12/h4,6,8-9,12-13H,2-3,5,7,10H2,1H3/t13-/m1/s1. The third-order valence-electron chi connectivity index (χ3n) is 4.52. The second-order valence-electron chi connectivity index (χ2n) is 6.40. The molecule has 4 rings (SSSR count). The van der Waals surface area contributed by atoms with Crippen molar-refractivity contribution in [2.24, 2.45) is 0 Å². The van der Waals surface area contributed by atoms with Crippen LogP contribution in [0, 0.1) is 6.92 Å². The van der Waals surface area contributed by atoms with Gasteiger partial charge in [0.25, 0.3) is 5.91 Å². The fraction of sp³-hybridized carbons (Fsp3) is 0.471. The summed E-state index contributed by atoms with van der Waals surface area (Å²) in [5.41, 5.74) is 1.53. The molecular formula is C17H19N5O. The minimum Gasteiger partial charge on any atom is -0.338 e. The summed E-state index contributed by atoms with van der Waals surface area (Å²) < 4.78 is 0. The van der Waals surface area contributed by atoms with Gasteiger partial charge in [0.1, 0.15) is 11.6 Å². The van der Waals surface area contributed by atoms with E-state index in [4.69, 9.17) is 0 Å². The Kier molecular flexibility index (Phi) is 3.52. The third-order valence-corrected chi connectivity index (χ3v) is 4.52. The maximum atomic E-state index is 12.6. The van der Waals surface area contributed by atoms with E-state index in [1.54, 1.807) is 18.6 Å². The van der Waals surface area contributed by atoms with Crippen molar-refractivity contribution < 1.29 is 4.79 Å². The molecule has 1 saturated heterocycles. The van der Waals surface area contributed by atoms with Gasteiger partial charge in [0.15, 0.2) is 0 Å². The molecule has 3 heterocycles. The first kappa shape index (κ1) is 14.2. The maximum absolute atomic E-state index is 12.6. The lowest BCUT2D eigenvalue weighted by Gasteiger charge is -2.16. The Hall–Kier alpha value is -2.37. The van der Waals surface area contributed by atoms with Crippen LogP contribution in [0.2, 0.25) is 0 Å². The second-order valence-corrected chi connectivity index (χ2v) is 6.40. The van der Waals surface area contributed by atoms with Crippen LogP contribution in [0.5, 0.6) is 0 Å². The van der Waals surface area contributed by atoms with Gasteiger partial charge >= 0.3 is 0 Å². The minimum atomic E-state index is 0.00231. The molecule has 0 spiro atoms. The summed E-state index contributed by atoms with van der Waals surface area (Å²) >= 11 is 0. The van der Waals surface area contributed by atoms with Crippen LogP contribution < -0.4 is 0 Å². The highest BCUT2D eigenvalue weighted by Gasteiger charge is 2.31. The monoisotopic (exact) mass is 309 g/mol. The van der Waals surface area contributed by atoms with Crippen LogP contribution in [0.3, 0.4) is 0 Å². The van der Waals surface area contributed by atoms with Crippen LogP contribution in [0.4, 0.5) is 0 Å². The number of aromatic nitrogens is 4. The Morgan fingerprint density at radius 1 is 1.09 bits per heavy atom. The highest BCUT2D eigenvalue weighted by atomic mass is 16.2. The van der Waals surface area contributed by atoms with Crippen LogP contribution in [0.15, 0.2) is 24.7 Å². The molecule has 0 radical (unpaired) electrons. The van der Waals surface area contributed by atoms with Crippen molar-refractivity contribution in [3.8, 4) is 0 Å². The van der Waals surface area contributed by atoms with Crippen molar-refractivity contribution in [1.82, 2.24) is 24.8 Å². The molecule has 1 aliphatic carbocycles. The molecule has 2 fully saturated rings. The molecule has 1 aliphatic heterocycles. The number of hydrogen-bond acceptors (Lipinski definition) is 5. The predicted octanol–water partition coefficient (Wildman–Crippen LogP) is 2.08. The SMILES string of the molecule is Cc1ccnc([C@@H]2CCN(C(=O)c3cnc(C4CC4)nc3)C2)n1. The van der Waals surface area contributed by atoms with E-state index in [9.17, 15) is 4.79 Å². The Balaban J connectivity index is 1.45. The highest BCUT2D eigenvalue weighted by molar-refractivity contribution is 5.93. The van der Waals surface area contributed by atoms with Gasteiger partial charge in [0.2, 0.25) is 0 Å². The Morgan fingerprint density at radius 2 is 1.87 bits per heavy atom. The number of carbonyl (C=O) groups excluding carboxylic acids is 1. The molecule has 118 valence electrons. The minimum absolute atomic E-state index is 0.00231. The van der Waals surface area contributed by atoms with Gasteiger partial charge in [-0.15, -0.1) is 0 Å². The molecule has 0 unspecified atom stereocenters. The van der Waals surface area contributed by atoms with Crippen LogP contribution in [-0.2, 0) is 0 Å². The van der Waals surface area contributed by atoms with E-state index >= 15 is 0 Å². The van der Waals surface area contributed by atoms with Crippen LogP contribution in [0.25, 0.3) is 0 Å². The molecule has 0 bridgehead atoms. The molecule has 2 aromatic rings. The van der Waals surface area contributed by atoms with E-state index in [2.05, 4.69) is 19.9 Å².